The van der Waals surface area contributed by atoms with Crippen molar-refractivity contribution in [2.45, 2.75) is 82.8 Å². The predicted molar refractivity (Wildman–Crippen MR) is 87.6 cm³/mol. The fourth-order valence-electron chi connectivity index (χ4n) is 3.41. The number of hydrogen-bond donors (Lipinski definition) is 2. The molecule has 0 aromatic heterocycles. The summed E-state index contributed by atoms with van der Waals surface area (Å²) in [5, 5.41) is 5.81. The van der Waals surface area contributed by atoms with Crippen LogP contribution in [-0.4, -0.2) is 47.3 Å². The van der Waals surface area contributed by atoms with E-state index in [1.54, 1.807) is 14.0 Å². The van der Waals surface area contributed by atoms with Crippen molar-refractivity contribution in [2.75, 3.05) is 7.05 Å². The number of rotatable bonds is 5. The van der Waals surface area contributed by atoms with Crippen LogP contribution in [0, 0.1) is 0 Å². The van der Waals surface area contributed by atoms with Crippen molar-refractivity contribution in [2.24, 2.45) is 0 Å². The molecular weight excluding hydrogens is 294 g/mol. The average Bonchev–Trinajstić information content (AvgIpc) is 3.00. The number of amides is 3. The summed E-state index contributed by atoms with van der Waals surface area (Å²) in [5.74, 6) is -0.368. The summed E-state index contributed by atoms with van der Waals surface area (Å²) >= 11 is 0. The fourth-order valence-corrected chi connectivity index (χ4v) is 3.41. The van der Waals surface area contributed by atoms with Gasteiger partial charge in [-0.25, -0.2) is 0 Å². The largest absolute Gasteiger partial charge is 0.351 e. The molecule has 6 heteroatoms. The van der Waals surface area contributed by atoms with E-state index in [4.69, 9.17) is 0 Å². The maximum atomic E-state index is 12.8. The smallest absolute Gasteiger partial charge is 0.245 e. The van der Waals surface area contributed by atoms with Crippen LogP contribution in [0.25, 0.3) is 0 Å². The number of nitrogens with zero attached hydrogens (tertiary/aromatic N) is 1. The van der Waals surface area contributed by atoms with E-state index in [0.717, 1.165) is 25.7 Å². The van der Waals surface area contributed by atoms with Gasteiger partial charge >= 0.3 is 0 Å². The summed E-state index contributed by atoms with van der Waals surface area (Å²) in [7, 11) is 1.66. The van der Waals surface area contributed by atoms with E-state index in [0.29, 0.717) is 19.3 Å². The van der Waals surface area contributed by atoms with Gasteiger partial charge in [-0.3, -0.25) is 14.4 Å². The van der Waals surface area contributed by atoms with Gasteiger partial charge in [0.15, 0.2) is 0 Å². The zero-order chi connectivity index (χ0) is 17.0. The number of hydrogen-bond acceptors (Lipinski definition) is 3. The Balaban J connectivity index is 2.03. The summed E-state index contributed by atoms with van der Waals surface area (Å²) in [6.07, 6.45) is 6.98. The van der Waals surface area contributed by atoms with Crippen LogP contribution < -0.4 is 10.6 Å². The second kappa shape index (κ2) is 7.32. The average molecular weight is 323 g/mol. The molecule has 0 spiro atoms. The molecule has 23 heavy (non-hydrogen) atoms. The summed E-state index contributed by atoms with van der Waals surface area (Å²) < 4.78 is 0. The highest BCUT2D eigenvalue weighted by molar-refractivity contribution is 5.95. The molecule has 3 amide bonds. The lowest BCUT2D eigenvalue weighted by atomic mass is 9.91. The van der Waals surface area contributed by atoms with Gasteiger partial charge in [-0.15, -0.1) is 0 Å². The Morgan fingerprint density at radius 2 is 1.91 bits per heavy atom. The maximum Gasteiger partial charge on any atom is 0.245 e. The molecule has 0 aromatic rings. The van der Waals surface area contributed by atoms with Crippen LogP contribution in [0.5, 0.6) is 0 Å². The first-order valence-corrected chi connectivity index (χ1v) is 8.76. The van der Waals surface area contributed by atoms with Crippen LogP contribution in [0.2, 0.25) is 0 Å². The van der Waals surface area contributed by atoms with Gasteiger partial charge in [0.25, 0.3) is 0 Å². The minimum absolute atomic E-state index is 0.0907. The molecule has 1 heterocycles. The standard InChI is InChI=1S/C17H29N3O3/c1-4-17(2,16(23)18-12-8-6-5-7-9-12)20(3)15(22)13-10-11-14(21)19-13/h12-13H,4-11H2,1-3H3,(H,18,23)(H,19,21). The molecule has 1 saturated heterocycles. The summed E-state index contributed by atoms with van der Waals surface area (Å²) in [4.78, 5) is 38.3. The molecule has 6 nitrogen and oxygen atoms in total. The molecule has 1 aliphatic carbocycles. The van der Waals surface area contributed by atoms with Crippen molar-refractivity contribution in [1.82, 2.24) is 15.5 Å². The minimum atomic E-state index is -0.887. The van der Waals surface area contributed by atoms with Crippen molar-refractivity contribution in [3.05, 3.63) is 0 Å². The third-order valence-corrected chi connectivity index (χ3v) is 5.48. The quantitative estimate of drug-likeness (QED) is 0.801. The van der Waals surface area contributed by atoms with Gasteiger partial charge in [0.05, 0.1) is 0 Å². The highest BCUT2D eigenvalue weighted by Gasteiger charge is 2.42. The van der Waals surface area contributed by atoms with E-state index in [1.165, 1.54) is 11.3 Å². The van der Waals surface area contributed by atoms with E-state index in [2.05, 4.69) is 10.6 Å². The van der Waals surface area contributed by atoms with E-state index in [-0.39, 0.29) is 23.8 Å². The van der Waals surface area contributed by atoms with E-state index in [9.17, 15) is 14.4 Å². The second-order valence-electron chi connectivity index (χ2n) is 6.99. The molecule has 1 aliphatic heterocycles. The van der Waals surface area contributed by atoms with Crippen molar-refractivity contribution in [3.63, 3.8) is 0 Å². The van der Waals surface area contributed by atoms with Crippen molar-refractivity contribution < 1.29 is 14.4 Å². The highest BCUT2D eigenvalue weighted by Crippen LogP contribution is 2.23. The molecule has 2 unspecified atom stereocenters. The van der Waals surface area contributed by atoms with Crippen LogP contribution in [-0.2, 0) is 14.4 Å². The van der Waals surface area contributed by atoms with E-state index >= 15 is 0 Å². The molecular formula is C17H29N3O3. The van der Waals surface area contributed by atoms with Crippen molar-refractivity contribution >= 4 is 17.7 Å². The maximum absolute atomic E-state index is 12.8. The lowest BCUT2D eigenvalue weighted by molar-refractivity contribution is -0.147. The lowest BCUT2D eigenvalue weighted by Gasteiger charge is -2.39. The molecule has 0 radical (unpaired) electrons. The molecule has 2 N–H and O–H groups in total. The van der Waals surface area contributed by atoms with Crippen molar-refractivity contribution in [1.29, 1.82) is 0 Å². The Kier molecular flexibility index (Phi) is 5.65. The first kappa shape index (κ1) is 17.8. The number of carbonyl (C=O) groups is 3. The molecule has 2 rings (SSSR count). The van der Waals surface area contributed by atoms with Crippen LogP contribution in [0.15, 0.2) is 0 Å². The first-order chi connectivity index (χ1) is 10.9. The van der Waals surface area contributed by atoms with E-state index in [1.807, 2.05) is 6.92 Å². The van der Waals surface area contributed by atoms with Gasteiger partial charge in [-0.2, -0.15) is 0 Å². The third-order valence-electron chi connectivity index (χ3n) is 5.48. The first-order valence-electron chi connectivity index (χ1n) is 8.76. The summed E-state index contributed by atoms with van der Waals surface area (Å²) in [5.41, 5.74) is -0.887. The molecule has 0 aromatic carbocycles. The summed E-state index contributed by atoms with van der Waals surface area (Å²) in [6, 6.07) is -0.280. The van der Waals surface area contributed by atoms with Gasteiger partial charge < -0.3 is 15.5 Å². The van der Waals surface area contributed by atoms with Crippen molar-refractivity contribution in [3.8, 4) is 0 Å². The van der Waals surface area contributed by atoms with Gasteiger partial charge in [0.2, 0.25) is 17.7 Å². The summed E-state index contributed by atoms with van der Waals surface area (Å²) in [6.45, 7) is 3.72. The fraction of sp³-hybridized carbons (Fsp3) is 0.824. The molecule has 2 fully saturated rings. The monoisotopic (exact) mass is 323 g/mol. The van der Waals surface area contributed by atoms with Gasteiger partial charge in [0.1, 0.15) is 11.6 Å². The van der Waals surface area contributed by atoms with Gasteiger partial charge in [-0.1, -0.05) is 26.2 Å². The number of carbonyl (C=O) groups excluding carboxylic acids is 3. The van der Waals surface area contributed by atoms with Crippen LogP contribution in [0.3, 0.4) is 0 Å². The molecule has 1 saturated carbocycles. The zero-order valence-corrected chi connectivity index (χ0v) is 14.5. The Labute approximate surface area is 138 Å². The lowest BCUT2D eigenvalue weighted by Crippen LogP contribution is -2.61. The van der Waals surface area contributed by atoms with Crippen LogP contribution in [0.1, 0.15) is 65.2 Å². The Morgan fingerprint density at radius 3 is 2.43 bits per heavy atom. The predicted octanol–water partition coefficient (Wildman–Crippen LogP) is 1.34. The molecule has 130 valence electrons. The number of nitrogens with one attached hydrogen (secondary N) is 2. The topological polar surface area (TPSA) is 78.5 Å². The molecule has 2 aliphatic rings. The van der Waals surface area contributed by atoms with Crippen LogP contribution >= 0.6 is 0 Å². The minimum Gasteiger partial charge on any atom is -0.351 e. The van der Waals surface area contributed by atoms with Gasteiger partial charge in [0, 0.05) is 19.5 Å². The Bertz CT molecular complexity index is 474. The molecule has 0 bridgehead atoms. The zero-order valence-electron chi connectivity index (χ0n) is 14.5. The Hall–Kier alpha value is -1.59. The highest BCUT2D eigenvalue weighted by atomic mass is 16.2. The Morgan fingerprint density at radius 1 is 1.26 bits per heavy atom. The second-order valence-corrected chi connectivity index (χ2v) is 6.99. The third kappa shape index (κ3) is 3.85. The van der Waals surface area contributed by atoms with Gasteiger partial charge in [-0.05, 0) is 32.6 Å². The SMILES string of the molecule is CCC(C)(C(=O)NC1CCCCC1)N(C)C(=O)C1CCC(=O)N1. The molecule has 2 atom stereocenters. The normalized spacial score (nSPS) is 24.7. The van der Waals surface area contributed by atoms with E-state index < -0.39 is 11.6 Å². The van der Waals surface area contributed by atoms with Crippen LogP contribution in [0.4, 0.5) is 0 Å². The number of likely N-dealkylation sites (N-methyl/N-ethyl adjacent to an activating group) is 1.